The van der Waals surface area contributed by atoms with Crippen LogP contribution in [0.4, 0.5) is 0 Å². The molecule has 0 bridgehead atoms. The molecule has 1 atom stereocenters. The molecule has 0 aromatic heterocycles. The second kappa shape index (κ2) is 6.17. The highest BCUT2D eigenvalue weighted by atomic mass is 79.9. The molecule has 0 amide bonds. The molecule has 18 heavy (non-hydrogen) atoms. The summed E-state index contributed by atoms with van der Waals surface area (Å²) in [7, 11) is 0. The first-order valence-corrected chi connectivity index (χ1v) is 6.99. The van der Waals surface area contributed by atoms with Gasteiger partial charge < -0.3 is 5.73 Å². The molecule has 1 unspecified atom stereocenters. The molecule has 0 aliphatic heterocycles. The first kappa shape index (κ1) is 13.3. The number of hydrogen-bond donors (Lipinski definition) is 1. The predicted molar refractivity (Wildman–Crippen MR) is 80.7 cm³/mol. The highest BCUT2D eigenvalue weighted by molar-refractivity contribution is 9.10. The van der Waals surface area contributed by atoms with Crippen molar-refractivity contribution in [3.05, 3.63) is 69.7 Å². The Kier molecular flexibility index (Phi) is 4.56. The van der Waals surface area contributed by atoms with Crippen molar-refractivity contribution in [2.75, 3.05) is 0 Å². The second-order valence-electron chi connectivity index (χ2n) is 4.72. The van der Waals surface area contributed by atoms with Gasteiger partial charge in [0.2, 0.25) is 0 Å². The molecular weight excluding hydrogens is 286 g/mol. The van der Waals surface area contributed by atoms with E-state index in [0.29, 0.717) is 0 Å². The molecule has 94 valence electrons. The molecule has 0 saturated heterocycles. The zero-order valence-electron chi connectivity index (χ0n) is 10.6. The summed E-state index contributed by atoms with van der Waals surface area (Å²) in [6.07, 6.45) is 1.85. The molecule has 0 saturated carbocycles. The van der Waals surface area contributed by atoms with Crippen LogP contribution in [0.1, 0.15) is 16.7 Å². The third kappa shape index (κ3) is 3.69. The lowest BCUT2D eigenvalue weighted by atomic mass is 9.97. The summed E-state index contributed by atoms with van der Waals surface area (Å²) in [6, 6.07) is 17.0. The smallest absolute Gasteiger partial charge is 0.0175 e. The zero-order chi connectivity index (χ0) is 13.0. The van der Waals surface area contributed by atoms with Gasteiger partial charge in [0.05, 0.1) is 0 Å². The van der Waals surface area contributed by atoms with Crippen molar-refractivity contribution in [1.29, 1.82) is 0 Å². The lowest BCUT2D eigenvalue weighted by Crippen LogP contribution is -2.25. The molecule has 2 N–H and O–H groups in total. The van der Waals surface area contributed by atoms with Crippen LogP contribution in [-0.2, 0) is 12.8 Å². The average molecular weight is 304 g/mol. The Morgan fingerprint density at radius 1 is 1.00 bits per heavy atom. The maximum atomic E-state index is 6.23. The fraction of sp³-hybridized carbons (Fsp3) is 0.250. The number of halogens is 1. The van der Waals surface area contributed by atoms with E-state index in [4.69, 9.17) is 5.73 Å². The Bertz CT molecular complexity index is 505. The van der Waals surface area contributed by atoms with Gasteiger partial charge in [0.15, 0.2) is 0 Å². The van der Waals surface area contributed by atoms with E-state index >= 15 is 0 Å². The third-order valence-corrected chi connectivity index (χ3v) is 3.68. The van der Waals surface area contributed by atoms with Gasteiger partial charge in [0, 0.05) is 10.5 Å². The highest BCUT2D eigenvalue weighted by Crippen LogP contribution is 2.14. The first-order valence-electron chi connectivity index (χ1n) is 6.19. The van der Waals surface area contributed by atoms with Crippen molar-refractivity contribution in [3.8, 4) is 0 Å². The Hall–Kier alpha value is -1.12. The van der Waals surface area contributed by atoms with Crippen molar-refractivity contribution in [2.24, 2.45) is 5.73 Å². The van der Waals surface area contributed by atoms with Gasteiger partial charge in [0.25, 0.3) is 0 Å². The molecule has 0 aliphatic carbocycles. The number of benzene rings is 2. The van der Waals surface area contributed by atoms with Crippen molar-refractivity contribution >= 4 is 15.9 Å². The van der Waals surface area contributed by atoms with Gasteiger partial charge in [-0.2, -0.15) is 0 Å². The highest BCUT2D eigenvalue weighted by Gasteiger charge is 2.07. The van der Waals surface area contributed by atoms with Crippen molar-refractivity contribution in [3.63, 3.8) is 0 Å². The van der Waals surface area contributed by atoms with E-state index in [1.807, 2.05) is 0 Å². The summed E-state index contributed by atoms with van der Waals surface area (Å²) in [6.45, 7) is 2.14. The minimum atomic E-state index is 0.173. The number of aryl methyl sites for hydroxylation is 1. The summed E-state index contributed by atoms with van der Waals surface area (Å²) < 4.78 is 1.11. The van der Waals surface area contributed by atoms with Gasteiger partial charge in [-0.05, 0) is 48.6 Å². The van der Waals surface area contributed by atoms with Crippen molar-refractivity contribution < 1.29 is 0 Å². The van der Waals surface area contributed by atoms with Crippen molar-refractivity contribution in [2.45, 2.75) is 25.8 Å². The van der Waals surface area contributed by atoms with Crippen LogP contribution < -0.4 is 5.73 Å². The molecule has 2 heteroatoms. The molecular formula is C16H18BrN. The van der Waals surface area contributed by atoms with Crippen molar-refractivity contribution in [1.82, 2.24) is 0 Å². The SMILES string of the molecule is Cc1ccccc1CC(N)Cc1ccc(Br)cc1. The Morgan fingerprint density at radius 2 is 1.67 bits per heavy atom. The van der Waals surface area contributed by atoms with Gasteiger partial charge >= 0.3 is 0 Å². The van der Waals surface area contributed by atoms with E-state index in [1.54, 1.807) is 0 Å². The predicted octanol–water partition coefficient (Wildman–Crippen LogP) is 3.87. The van der Waals surface area contributed by atoms with E-state index in [9.17, 15) is 0 Å². The molecule has 0 spiro atoms. The third-order valence-electron chi connectivity index (χ3n) is 3.15. The first-order chi connectivity index (χ1) is 8.65. The summed E-state index contributed by atoms with van der Waals surface area (Å²) in [5, 5.41) is 0. The summed E-state index contributed by atoms with van der Waals surface area (Å²) in [5.74, 6) is 0. The maximum Gasteiger partial charge on any atom is 0.0175 e. The van der Waals surface area contributed by atoms with Crippen LogP contribution in [0.2, 0.25) is 0 Å². The number of hydrogen-bond acceptors (Lipinski definition) is 1. The van der Waals surface area contributed by atoms with Crippen LogP contribution >= 0.6 is 15.9 Å². The van der Waals surface area contributed by atoms with Crippen LogP contribution in [0.25, 0.3) is 0 Å². The van der Waals surface area contributed by atoms with Crippen LogP contribution in [0.3, 0.4) is 0 Å². The Labute approximate surface area is 117 Å². The van der Waals surface area contributed by atoms with E-state index in [2.05, 4.69) is 71.4 Å². The van der Waals surface area contributed by atoms with Gasteiger partial charge in [-0.25, -0.2) is 0 Å². The topological polar surface area (TPSA) is 26.0 Å². The lowest BCUT2D eigenvalue weighted by Gasteiger charge is -2.13. The number of nitrogens with two attached hydrogens (primary N) is 1. The van der Waals surface area contributed by atoms with E-state index in [0.717, 1.165) is 17.3 Å². The number of rotatable bonds is 4. The molecule has 0 aliphatic rings. The molecule has 2 aromatic rings. The summed E-state index contributed by atoms with van der Waals surface area (Å²) >= 11 is 3.44. The maximum absolute atomic E-state index is 6.23. The van der Waals surface area contributed by atoms with Crippen LogP contribution in [-0.4, -0.2) is 6.04 Å². The Balaban J connectivity index is 1.99. The fourth-order valence-electron chi connectivity index (χ4n) is 2.12. The zero-order valence-corrected chi connectivity index (χ0v) is 12.2. The molecule has 2 aromatic carbocycles. The monoisotopic (exact) mass is 303 g/mol. The van der Waals surface area contributed by atoms with Crippen LogP contribution in [0.15, 0.2) is 53.0 Å². The van der Waals surface area contributed by atoms with Crippen LogP contribution in [0.5, 0.6) is 0 Å². The molecule has 0 fully saturated rings. The van der Waals surface area contributed by atoms with Gasteiger partial charge in [-0.1, -0.05) is 52.3 Å². The molecule has 0 heterocycles. The summed E-state index contributed by atoms with van der Waals surface area (Å²) in [4.78, 5) is 0. The van der Waals surface area contributed by atoms with E-state index in [1.165, 1.54) is 16.7 Å². The molecule has 1 nitrogen and oxygen atoms in total. The largest absolute Gasteiger partial charge is 0.327 e. The van der Waals surface area contributed by atoms with E-state index in [-0.39, 0.29) is 6.04 Å². The standard InChI is InChI=1S/C16H18BrN/c1-12-4-2-3-5-14(12)11-16(18)10-13-6-8-15(17)9-7-13/h2-9,16H,10-11,18H2,1H3. The van der Waals surface area contributed by atoms with Gasteiger partial charge in [-0.3, -0.25) is 0 Å². The minimum absolute atomic E-state index is 0.173. The summed E-state index contributed by atoms with van der Waals surface area (Å²) in [5.41, 5.74) is 10.2. The molecule has 2 rings (SSSR count). The molecule has 0 radical (unpaired) electrons. The van der Waals surface area contributed by atoms with Gasteiger partial charge in [0.1, 0.15) is 0 Å². The van der Waals surface area contributed by atoms with Gasteiger partial charge in [-0.15, -0.1) is 0 Å². The quantitative estimate of drug-likeness (QED) is 0.911. The van der Waals surface area contributed by atoms with Crippen LogP contribution in [0, 0.1) is 6.92 Å². The normalized spacial score (nSPS) is 12.4. The lowest BCUT2D eigenvalue weighted by molar-refractivity contribution is 0.662. The second-order valence-corrected chi connectivity index (χ2v) is 5.64. The van der Waals surface area contributed by atoms with E-state index < -0.39 is 0 Å². The average Bonchev–Trinajstić information content (AvgIpc) is 2.35. The fourth-order valence-corrected chi connectivity index (χ4v) is 2.38. The Morgan fingerprint density at radius 3 is 2.33 bits per heavy atom. The minimum Gasteiger partial charge on any atom is -0.327 e.